The molecule has 142 valence electrons. The standard InChI is InChI=1S/C21H24N2O4/c24-17-6-1-2-9-23(17)12-13-4-3-5-16(10-13)22-20(25)18-14-7-8-15(11-14)19(18)21(26)27/h3-5,7-8,10,14-15,18-19H,1-2,6,9,11-12H2,(H,22,25)(H,26,27)/t14-,15-,18+,19-/m0/s1. The van der Waals surface area contributed by atoms with Gasteiger partial charge in [-0.25, -0.2) is 0 Å². The Morgan fingerprint density at radius 2 is 1.93 bits per heavy atom. The Morgan fingerprint density at radius 1 is 1.15 bits per heavy atom. The predicted molar refractivity (Wildman–Crippen MR) is 99.7 cm³/mol. The number of nitrogens with zero attached hydrogens (tertiary/aromatic N) is 1. The summed E-state index contributed by atoms with van der Waals surface area (Å²) >= 11 is 0. The summed E-state index contributed by atoms with van der Waals surface area (Å²) in [5.41, 5.74) is 1.61. The van der Waals surface area contributed by atoms with Crippen molar-refractivity contribution in [3.8, 4) is 0 Å². The number of hydrogen-bond acceptors (Lipinski definition) is 3. The number of allylic oxidation sites excluding steroid dienone is 2. The Bertz CT molecular complexity index is 803. The summed E-state index contributed by atoms with van der Waals surface area (Å²) in [6.07, 6.45) is 7.23. The molecule has 0 unspecified atom stereocenters. The number of piperidine rings is 1. The molecule has 6 heteroatoms. The Labute approximate surface area is 158 Å². The molecule has 0 aromatic heterocycles. The van der Waals surface area contributed by atoms with E-state index in [4.69, 9.17) is 0 Å². The van der Waals surface area contributed by atoms with E-state index in [1.54, 1.807) is 6.07 Å². The zero-order valence-corrected chi connectivity index (χ0v) is 15.1. The number of anilines is 1. The van der Waals surface area contributed by atoms with E-state index in [1.165, 1.54) is 0 Å². The Morgan fingerprint density at radius 3 is 2.67 bits per heavy atom. The fourth-order valence-corrected chi connectivity index (χ4v) is 4.74. The van der Waals surface area contributed by atoms with Gasteiger partial charge in [0.05, 0.1) is 11.8 Å². The van der Waals surface area contributed by atoms with Gasteiger partial charge in [-0.2, -0.15) is 0 Å². The first kappa shape index (κ1) is 17.8. The van der Waals surface area contributed by atoms with Crippen LogP contribution >= 0.6 is 0 Å². The number of carboxylic acid groups (broad SMARTS) is 1. The fraction of sp³-hybridized carbons (Fsp3) is 0.476. The van der Waals surface area contributed by atoms with Crippen molar-refractivity contribution < 1.29 is 19.5 Å². The Kier molecular flexibility index (Phi) is 4.72. The van der Waals surface area contributed by atoms with Gasteiger partial charge in [-0.05, 0) is 48.8 Å². The molecule has 1 saturated carbocycles. The third-order valence-corrected chi connectivity index (χ3v) is 6.04. The number of fused-ring (bicyclic) bond motifs is 2. The highest BCUT2D eigenvalue weighted by molar-refractivity contribution is 5.96. The molecule has 2 amide bonds. The van der Waals surface area contributed by atoms with Crippen LogP contribution in [0, 0.1) is 23.7 Å². The molecule has 1 saturated heterocycles. The van der Waals surface area contributed by atoms with Gasteiger partial charge in [0.2, 0.25) is 11.8 Å². The summed E-state index contributed by atoms with van der Waals surface area (Å²) in [5, 5.41) is 12.4. The average molecular weight is 368 g/mol. The molecule has 2 fully saturated rings. The van der Waals surface area contributed by atoms with Gasteiger partial charge in [-0.1, -0.05) is 24.3 Å². The lowest BCUT2D eigenvalue weighted by molar-refractivity contribution is -0.146. The van der Waals surface area contributed by atoms with E-state index in [2.05, 4.69) is 5.32 Å². The summed E-state index contributed by atoms with van der Waals surface area (Å²) in [4.78, 5) is 38.3. The highest BCUT2D eigenvalue weighted by Gasteiger charge is 2.51. The number of amides is 2. The van der Waals surface area contributed by atoms with E-state index in [0.29, 0.717) is 18.7 Å². The molecule has 4 rings (SSSR count). The van der Waals surface area contributed by atoms with Crippen molar-refractivity contribution >= 4 is 23.5 Å². The minimum Gasteiger partial charge on any atom is -0.481 e. The van der Waals surface area contributed by atoms with Crippen LogP contribution in [0.5, 0.6) is 0 Å². The molecule has 4 atom stereocenters. The van der Waals surface area contributed by atoms with Gasteiger partial charge in [-0.15, -0.1) is 0 Å². The zero-order chi connectivity index (χ0) is 19.0. The summed E-state index contributed by atoms with van der Waals surface area (Å²) in [6.45, 7) is 1.31. The molecule has 2 bridgehead atoms. The van der Waals surface area contributed by atoms with Crippen molar-refractivity contribution in [1.29, 1.82) is 0 Å². The summed E-state index contributed by atoms with van der Waals surface area (Å²) in [5.74, 6) is -2.16. The number of hydrogen-bond donors (Lipinski definition) is 2. The average Bonchev–Trinajstić information content (AvgIpc) is 3.25. The topological polar surface area (TPSA) is 86.7 Å². The third-order valence-electron chi connectivity index (χ3n) is 6.04. The Hall–Kier alpha value is -2.63. The molecule has 1 aromatic carbocycles. The van der Waals surface area contributed by atoms with E-state index in [-0.39, 0.29) is 23.7 Å². The van der Waals surface area contributed by atoms with E-state index in [1.807, 2.05) is 35.3 Å². The van der Waals surface area contributed by atoms with Crippen LogP contribution in [-0.2, 0) is 20.9 Å². The first-order valence-electron chi connectivity index (χ1n) is 9.61. The monoisotopic (exact) mass is 368 g/mol. The Balaban J connectivity index is 1.45. The largest absolute Gasteiger partial charge is 0.481 e. The molecule has 0 spiro atoms. The highest BCUT2D eigenvalue weighted by atomic mass is 16.4. The summed E-state index contributed by atoms with van der Waals surface area (Å²) < 4.78 is 0. The van der Waals surface area contributed by atoms with E-state index in [0.717, 1.165) is 31.4 Å². The SMILES string of the molecule is O=C(O)[C@@H]1[C@H](C(=O)Nc2cccc(CN3CCCCC3=O)c2)[C@H]2C=C[C@H]1C2. The number of carbonyl (C=O) groups excluding carboxylic acids is 2. The zero-order valence-electron chi connectivity index (χ0n) is 15.1. The van der Waals surface area contributed by atoms with E-state index in [9.17, 15) is 19.5 Å². The van der Waals surface area contributed by atoms with Gasteiger partial charge in [0.15, 0.2) is 0 Å². The molecule has 6 nitrogen and oxygen atoms in total. The molecule has 27 heavy (non-hydrogen) atoms. The molecule has 3 aliphatic rings. The molecular formula is C21H24N2O4. The second kappa shape index (κ2) is 7.18. The third kappa shape index (κ3) is 3.48. The number of carbonyl (C=O) groups is 3. The second-order valence-corrected chi connectivity index (χ2v) is 7.80. The molecular weight excluding hydrogens is 344 g/mol. The van der Waals surface area contributed by atoms with Crippen LogP contribution < -0.4 is 5.32 Å². The van der Waals surface area contributed by atoms with Gasteiger partial charge < -0.3 is 15.3 Å². The van der Waals surface area contributed by atoms with Crippen molar-refractivity contribution in [2.45, 2.75) is 32.2 Å². The normalized spacial score (nSPS) is 29.2. The molecule has 2 aliphatic carbocycles. The summed E-state index contributed by atoms with van der Waals surface area (Å²) in [7, 11) is 0. The maximum atomic E-state index is 12.8. The van der Waals surface area contributed by atoms with E-state index < -0.39 is 17.8 Å². The van der Waals surface area contributed by atoms with Crippen LogP contribution in [0.15, 0.2) is 36.4 Å². The molecule has 2 N–H and O–H groups in total. The number of aliphatic carboxylic acids is 1. The van der Waals surface area contributed by atoms with Crippen LogP contribution in [0.2, 0.25) is 0 Å². The lowest BCUT2D eigenvalue weighted by Gasteiger charge is -2.27. The van der Waals surface area contributed by atoms with Crippen LogP contribution in [-0.4, -0.2) is 34.3 Å². The molecule has 1 heterocycles. The van der Waals surface area contributed by atoms with Crippen molar-refractivity contribution in [3.63, 3.8) is 0 Å². The molecule has 1 aliphatic heterocycles. The molecule has 1 aromatic rings. The maximum Gasteiger partial charge on any atom is 0.307 e. The first-order chi connectivity index (χ1) is 13.0. The number of carboxylic acids is 1. The minimum atomic E-state index is -0.899. The van der Waals surface area contributed by atoms with Gasteiger partial charge in [0, 0.05) is 25.2 Å². The predicted octanol–water partition coefficient (Wildman–Crippen LogP) is 2.66. The number of rotatable bonds is 5. The van der Waals surface area contributed by atoms with Crippen LogP contribution in [0.3, 0.4) is 0 Å². The minimum absolute atomic E-state index is 0.00486. The van der Waals surface area contributed by atoms with Crippen molar-refractivity contribution in [2.24, 2.45) is 23.7 Å². The maximum absolute atomic E-state index is 12.8. The van der Waals surface area contributed by atoms with Crippen molar-refractivity contribution in [2.75, 3.05) is 11.9 Å². The van der Waals surface area contributed by atoms with Gasteiger partial charge in [0.1, 0.15) is 0 Å². The van der Waals surface area contributed by atoms with Gasteiger partial charge in [-0.3, -0.25) is 14.4 Å². The van der Waals surface area contributed by atoms with Gasteiger partial charge >= 0.3 is 5.97 Å². The summed E-state index contributed by atoms with van der Waals surface area (Å²) in [6, 6.07) is 7.48. The number of benzene rings is 1. The molecule has 0 radical (unpaired) electrons. The lowest BCUT2D eigenvalue weighted by atomic mass is 9.82. The fourth-order valence-electron chi connectivity index (χ4n) is 4.74. The smallest absolute Gasteiger partial charge is 0.307 e. The van der Waals surface area contributed by atoms with Crippen molar-refractivity contribution in [3.05, 3.63) is 42.0 Å². The number of likely N-dealkylation sites (tertiary alicyclic amines) is 1. The van der Waals surface area contributed by atoms with Gasteiger partial charge in [0.25, 0.3) is 0 Å². The van der Waals surface area contributed by atoms with Crippen LogP contribution in [0.4, 0.5) is 5.69 Å². The quantitative estimate of drug-likeness (QED) is 0.783. The van der Waals surface area contributed by atoms with Crippen LogP contribution in [0.1, 0.15) is 31.2 Å². The van der Waals surface area contributed by atoms with E-state index >= 15 is 0 Å². The van der Waals surface area contributed by atoms with Crippen molar-refractivity contribution in [1.82, 2.24) is 4.90 Å². The lowest BCUT2D eigenvalue weighted by Crippen LogP contribution is -2.36. The first-order valence-corrected chi connectivity index (χ1v) is 9.61. The number of nitrogens with one attached hydrogen (secondary N) is 1. The van der Waals surface area contributed by atoms with Crippen LogP contribution in [0.25, 0.3) is 0 Å². The highest BCUT2D eigenvalue weighted by Crippen LogP contribution is 2.48. The second-order valence-electron chi connectivity index (χ2n) is 7.80.